The predicted molar refractivity (Wildman–Crippen MR) is 121 cm³/mol. The van der Waals surface area contributed by atoms with E-state index in [0.29, 0.717) is 24.4 Å². The van der Waals surface area contributed by atoms with Gasteiger partial charge < -0.3 is 9.64 Å². The normalized spacial score (nSPS) is 14.1. The first-order chi connectivity index (χ1) is 15.3. The Morgan fingerprint density at radius 2 is 1.91 bits per heavy atom. The first kappa shape index (κ1) is 22.0. The van der Waals surface area contributed by atoms with Crippen molar-refractivity contribution < 1.29 is 17.9 Å². The van der Waals surface area contributed by atoms with Gasteiger partial charge in [-0.15, -0.1) is 0 Å². The molecule has 0 unspecified atom stereocenters. The molecule has 0 saturated carbocycles. The largest absolute Gasteiger partial charge is 0.497 e. The van der Waals surface area contributed by atoms with Gasteiger partial charge in [0.1, 0.15) is 5.75 Å². The zero-order valence-electron chi connectivity index (χ0n) is 18.4. The van der Waals surface area contributed by atoms with E-state index >= 15 is 0 Å². The zero-order valence-corrected chi connectivity index (χ0v) is 19.2. The maximum Gasteiger partial charge on any atom is 0.243 e. The molecule has 1 amide bonds. The molecule has 9 heteroatoms. The van der Waals surface area contributed by atoms with Crippen molar-refractivity contribution in [3.05, 3.63) is 71.5 Å². The maximum absolute atomic E-state index is 13.3. The number of anilines is 1. The van der Waals surface area contributed by atoms with Gasteiger partial charge in [-0.3, -0.25) is 9.48 Å². The minimum atomic E-state index is -3.71. The number of hydrogen-bond acceptors (Lipinski definition) is 5. The summed E-state index contributed by atoms with van der Waals surface area (Å²) in [6, 6.07) is 15.9. The number of aryl methyl sites for hydroxylation is 1. The van der Waals surface area contributed by atoms with Gasteiger partial charge in [-0.1, -0.05) is 24.3 Å². The molecule has 0 atom stereocenters. The minimum Gasteiger partial charge on any atom is -0.497 e. The van der Waals surface area contributed by atoms with E-state index in [4.69, 9.17) is 4.74 Å². The second kappa shape index (κ2) is 8.76. The topological polar surface area (TPSA) is 84.7 Å². The Kier molecular flexibility index (Phi) is 6.03. The molecule has 0 saturated heterocycles. The number of amides is 1. The molecule has 0 radical (unpaired) electrons. The Labute approximate surface area is 188 Å². The Hall–Kier alpha value is -3.17. The summed E-state index contributed by atoms with van der Waals surface area (Å²) in [6.07, 6.45) is 0.549. The Morgan fingerprint density at radius 1 is 1.16 bits per heavy atom. The third-order valence-corrected chi connectivity index (χ3v) is 7.57. The van der Waals surface area contributed by atoms with E-state index in [1.165, 1.54) is 24.4 Å². The van der Waals surface area contributed by atoms with Crippen LogP contribution in [0.2, 0.25) is 0 Å². The molecule has 32 heavy (non-hydrogen) atoms. The minimum absolute atomic E-state index is 0.104. The Balaban J connectivity index is 1.65. The van der Waals surface area contributed by atoms with Crippen LogP contribution in [-0.2, 0) is 41.4 Å². The summed E-state index contributed by atoms with van der Waals surface area (Å²) in [7, 11) is -0.341. The van der Waals surface area contributed by atoms with Crippen molar-refractivity contribution in [2.45, 2.75) is 31.3 Å². The van der Waals surface area contributed by atoms with Crippen LogP contribution < -0.4 is 9.64 Å². The molecule has 1 aliphatic heterocycles. The summed E-state index contributed by atoms with van der Waals surface area (Å²) in [4.78, 5) is 14.2. The van der Waals surface area contributed by atoms with Crippen molar-refractivity contribution in [3.8, 4) is 5.75 Å². The van der Waals surface area contributed by atoms with E-state index in [2.05, 4.69) is 5.10 Å². The number of carbonyl (C=O) groups is 1. The van der Waals surface area contributed by atoms with Gasteiger partial charge in [0.25, 0.3) is 0 Å². The van der Waals surface area contributed by atoms with Crippen molar-refractivity contribution in [2.24, 2.45) is 7.05 Å². The van der Waals surface area contributed by atoms with E-state index in [1.807, 2.05) is 37.4 Å². The Bertz CT molecular complexity index is 1240. The fraction of sp³-hybridized carbons (Fsp3) is 0.304. The van der Waals surface area contributed by atoms with Gasteiger partial charge in [0.05, 0.1) is 24.2 Å². The number of nitrogens with zero attached hydrogens (tertiary/aromatic N) is 4. The van der Waals surface area contributed by atoms with Crippen molar-refractivity contribution in [3.63, 3.8) is 0 Å². The zero-order chi connectivity index (χ0) is 22.9. The lowest BCUT2D eigenvalue weighted by molar-refractivity contribution is -0.116. The first-order valence-corrected chi connectivity index (χ1v) is 11.8. The number of carbonyl (C=O) groups excluding carboxylic acids is 1. The lowest BCUT2D eigenvalue weighted by atomic mass is 10.1. The number of ether oxygens (including phenoxy) is 1. The summed E-state index contributed by atoms with van der Waals surface area (Å²) in [5, 5.41) is 4.64. The molecule has 3 aromatic rings. The van der Waals surface area contributed by atoms with E-state index in [1.54, 1.807) is 27.8 Å². The van der Waals surface area contributed by atoms with Crippen molar-refractivity contribution >= 4 is 21.6 Å². The van der Waals surface area contributed by atoms with Crippen molar-refractivity contribution in [2.75, 3.05) is 18.6 Å². The molecule has 0 bridgehead atoms. The molecular weight excluding hydrogens is 428 g/mol. The monoisotopic (exact) mass is 454 g/mol. The summed E-state index contributed by atoms with van der Waals surface area (Å²) < 4.78 is 35.1. The quantitative estimate of drug-likeness (QED) is 0.572. The van der Waals surface area contributed by atoms with Crippen LogP contribution in [0.5, 0.6) is 5.75 Å². The van der Waals surface area contributed by atoms with E-state index in [-0.39, 0.29) is 23.9 Å². The van der Waals surface area contributed by atoms with Gasteiger partial charge in [0.15, 0.2) is 0 Å². The highest BCUT2D eigenvalue weighted by Gasteiger charge is 2.32. The number of sulfonamides is 1. The predicted octanol–water partition coefficient (Wildman–Crippen LogP) is 2.73. The second-order valence-electron chi connectivity index (χ2n) is 7.70. The molecule has 0 spiro atoms. The average molecular weight is 455 g/mol. The molecule has 2 aromatic carbocycles. The molecule has 4 rings (SSSR count). The fourth-order valence-corrected chi connectivity index (χ4v) is 5.47. The number of fused-ring (bicyclic) bond motifs is 1. The second-order valence-corrected chi connectivity index (χ2v) is 9.64. The summed E-state index contributed by atoms with van der Waals surface area (Å²) >= 11 is 0. The van der Waals surface area contributed by atoms with Crippen LogP contribution in [0.15, 0.2) is 59.5 Å². The van der Waals surface area contributed by atoms with Gasteiger partial charge in [-0.05, 0) is 24.3 Å². The van der Waals surface area contributed by atoms with E-state index in [0.717, 1.165) is 16.9 Å². The molecule has 0 aliphatic carbocycles. The van der Waals surface area contributed by atoms with Crippen LogP contribution in [0, 0.1) is 0 Å². The lowest BCUT2D eigenvalue weighted by Crippen LogP contribution is -2.37. The molecule has 8 nitrogen and oxygen atoms in total. The summed E-state index contributed by atoms with van der Waals surface area (Å²) in [5.41, 5.74) is 3.32. The molecule has 168 valence electrons. The number of hydrogen-bond donors (Lipinski definition) is 0. The van der Waals surface area contributed by atoms with Crippen LogP contribution >= 0.6 is 0 Å². The molecule has 1 aliphatic rings. The number of para-hydroxylation sites is 1. The van der Waals surface area contributed by atoms with Crippen LogP contribution in [-0.4, -0.2) is 42.1 Å². The molecular formula is C23H26N4O4S. The molecule has 0 fully saturated rings. The number of aromatic nitrogens is 2. The highest BCUT2D eigenvalue weighted by Crippen LogP contribution is 2.29. The number of benzene rings is 2. The maximum atomic E-state index is 13.3. The van der Waals surface area contributed by atoms with Crippen LogP contribution in [0.1, 0.15) is 23.9 Å². The van der Waals surface area contributed by atoms with Crippen molar-refractivity contribution in [1.29, 1.82) is 0 Å². The fourth-order valence-electron chi connectivity index (χ4n) is 4.03. The van der Waals surface area contributed by atoms with Crippen LogP contribution in [0.4, 0.5) is 5.69 Å². The summed E-state index contributed by atoms with van der Waals surface area (Å²) in [6.45, 7) is 2.36. The highest BCUT2D eigenvalue weighted by molar-refractivity contribution is 7.89. The molecule has 0 N–H and O–H groups in total. The summed E-state index contributed by atoms with van der Waals surface area (Å²) in [5.74, 6) is 0.387. The molecule has 2 heterocycles. The first-order valence-electron chi connectivity index (χ1n) is 10.3. The highest BCUT2D eigenvalue weighted by atomic mass is 32.2. The van der Waals surface area contributed by atoms with Gasteiger partial charge in [-0.2, -0.15) is 9.40 Å². The smallest absolute Gasteiger partial charge is 0.243 e. The third-order valence-electron chi connectivity index (χ3n) is 5.73. The van der Waals surface area contributed by atoms with Gasteiger partial charge in [-0.25, -0.2) is 8.42 Å². The average Bonchev–Trinajstić information content (AvgIpc) is 3.12. The Morgan fingerprint density at radius 3 is 2.59 bits per heavy atom. The molecule has 1 aromatic heterocycles. The van der Waals surface area contributed by atoms with E-state index in [9.17, 15) is 13.2 Å². The number of rotatable bonds is 6. The van der Waals surface area contributed by atoms with Crippen molar-refractivity contribution in [1.82, 2.24) is 14.1 Å². The SMILES string of the molecule is COc1cccc(S(=O)(=O)N2CCc3c(c(CN(C(C)=O)c4ccccc4)nn3C)C2)c1. The van der Waals surface area contributed by atoms with Crippen LogP contribution in [0.3, 0.4) is 0 Å². The third kappa shape index (κ3) is 4.13. The standard InChI is InChI=1S/C23H26N4O4S/c1-17(28)27(18-8-5-4-6-9-18)16-22-21-15-26(13-12-23(21)25(2)24-22)32(29,30)20-11-7-10-19(14-20)31-3/h4-11,14H,12-13,15-16H2,1-3H3. The van der Waals surface area contributed by atoms with Gasteiger partial charge >= 0.3 is 0 Å². The van der Waals surface area contributed by atoms with Crippen LogP contribution in [0.25, 0.3) is 0 Å². The number of methoxy groups -OCH3 is 1. The van der Waals surface area contributed by atoms with Gasteiger partial charge in [0, 0.05) is 56.5 Å². The lowest BCUT2D eigenvalue weighted by Gasteiger charge is -2.28. The van der Waals surface area contributed by atoms with E-state index < -0.39 is 10.0 Å². The van der Waals surface area contributed by atoms with Gasteiger partial charge in [0.2, 0.25) is 15.9 Å².